The van der Waals surface area contributed by atoms with E-state index in [0.717, 1.165) is 55.8 Å². The minimum absolute atomic E-state index is 0.564. The van der Waals surface area contributed by atoms with Gasteiger partial charge in [-0.2, -0.15) is 0 Å². The second-order valence-electron chi connectivity index (χ2n) is 13.2. The largest absolute Gasteiger partial charge is 0.455 e. The quantitative estimate of drug-likeness (QED) is 0.188. The molecule has 0 atom stereocenters. The fourth-order valence-corrected chi connectivity index (χ4v) is 7.85. The average Bonchev–Trinajstić information content (AvgIpc) is 3.53. The van der Waals surface area contributed by atoms with Crippen LogP contribution in [-0.2, 0) is 0 Å². The summed E-state index contributed by atoms with van der Waals surface area (Å²) in [6, 6.07) is 59.1. The number of ether oxygens (including phenoxy) is 1. The molecule has 8 aromatic carbocycles. The van der Waals surface area contributed by atoms with Crippen LogP contribution >= 0.6 is 0 Å². The Hall–Kier alpha value is -7.11. The molecule has 0 spiro atoms. The monoisotopic (exact) mass is 664 g/mol. The van der Waals surface area contributed by atoms with Gasteiger partial charge < -0.3 is 9.30 Å². The molecule has 0 N–H and O–H groups in total. The minimum Gasteiger partial charge on any atom is -0.455 e. The van der Waals surface area contributed by atoms with Crippen molar-refractivity contribution in [2.75, 3.05) is 0 Å². The maximum Gasteiger partial charge on any atom is 0.167 e. The van der Waals surface area contributed by atoms with Crippen LogP contribution in [0.5, 0.6) is 11.5 Å². The number of hydrogen-bond donors (Lipinski definition) is 0. The molecule has 52 heavy (non-hydrogen) atoms. The van der Waals surface area contributed by atoms with Crippen molar-refractivity contribution in [3.63, 3.8) is 0 Å². The van der Waals surface area contributed by atoms with Crippen LogP contribution in [-0.4, -0.2) is 19.5 Å². The first-order valence-electron chi connectivity index (χ1n) is 17.5. The zero-order valence-corrected chi connectivity index (χ0v) is 27.9. The Morgan fingerprint density at radius 1 is 0.404 bits per heavy atom. The highest BCUT2D eigenvalue weighted by atomic mass is 16.5. The third-order valence-electron chi connectivity index (χ3n) is 10.2. The van der Waals surface area contributed by atoms with Gasteiger partial charge in [0.1, 0.15) is 11.5 Å². The van der Waals surface area contributed by atoms with Crippen molar-refractivity contribution in [3.05, 3.63) is 170 Å². The van der Waals surface area contributed by atoms with Gasteiger partial charge in [-0.15, -0.1) is 0 Å². The van der Waals surface area contributed by atoms with E-state index >= 15 is 0 Å². The zero-order valence-electron chi connectivity index (χ0n) is 27.9. The van der Waals surface area contributed by atoms with E-state index in [2.05, 4.69) is 108 Å². The van der Waals surface area contributed by atoms with Crippen molar-refractivity contribution >= 4 is 43.4 Å². The van der Waals surface area contributed by atoms with Gasteiger partial charge in [0.05, 0.1) is 22.3 Å². The van der Waals surface area contributed by atoms with Crippen LogP contribution in [0.4, 0.5) is 0 Å². The van der Waals surface area contributed by atoms with Crippen LogP contribution in [0.1, 0.15) is 0 Å². The van der Waals surface area contributed by atoms with Gasteiger partial charge in [-0.25, -0.2) is 15.0 Å². The lowest BCUT2D eigenvalue weighted by Crippen LogP contribution is -2.04. The highest BCUT2D eigenvalue weighted by molar-refractivity contribution is 6.16. The average molecular weight is 665 g/mol. The zero-order chi connectivity index (χ0) is 34.2. The normalized spacial score (nSPS) is 12.0. The first kappa shape index (κ1) is 28.7. The van der Waals surface area contributed by atoms with E-state index < -0.39 is 0 Å². The SMILES string of the molecule is c1ccc(-c2nc(-c3ccccc3)nc(-c3cccc4c3Oc3ccc(-n5c6ccccc6c6cc7ccccc7cc65)c5cccc-4c35)n2)cc1. The summed E-state index contributed by atoms with van der Waals surface area (Å²) < 4.78 is 9.33. The molecule has 1 aliphatic heterocycles. The summed E-state index contributed by atoms with van der Waals surface area (Å²) in [7, 11) is 0. The molecule has 5 nitrogen and oxygen atoms in total. The summed E-state index contributed by atoms with van der Waals surface area (Å²) in [5, 5.41) is 7.14. The molecule has 242 valence electrons. The van der Waals surface area contributed by atoms with E-state index in [0.29, 0.717) is 17.5 Å². The minimum atomic E-state index is 0.564. The summed E-state index contributed by atoms with van der Waals surface area (Å²) in [5.74, 6) is 3.34. The number of hydrogen-bond acceptors (Lipinski definition) is 4. The van der Waals surface area contributed by atoms with E-state index in [9.17, 15) is 0 Å². The van der Waals surface area contributed by atoms with Crippen LogP contribution in [0.2, 0.25) is 0 Å². The first-order valence-corrected chi connectivity index (χ1v) is 17.5. The van der Waals surface area contributed by atoms with Gasteiger partial charge in [-0.1, -0.05) is 133 Å². The lowest BCUT2D eigenvalue weighted by molar-refractivity contribution is 0.488. The van der Waals surface area contributed by atoms with E-state index in [-0.39, 0.29) is 0 Å². The molecule has 0 bridgehead atoms. The fraction of sp³-hybridized carbons (Fsp3) is 0. The van der Waals surface area contributed by atoms with E-state index in [1.807, 2.05) is 66.7 Å². The van der Waals surface area contributed by atoms with Crippen molar-refractivity contribution in [3.8, 4) is 62.5 Å². The number of aromatic nitrogens is 4. The molecule has 5 heteroatoms. The van der Waals surface area contributed by atoms with Crippen LogP contribution in [0, 0.1) is 0 Å². The molecule has 0 radical (unpaired) electrons. The van der Waals surface area contributed by atoms with Gasteiger partial charge in [-0.05, 0) is 52.7 Å². The smallest absolute Gasteiger partial charge is 0.167 e. The lowest BCUT2D eigenvalue weighted by atomic mass is 9.92. The molecular formula is C47H28N4O. The second-order valence-corrected chi connectivity index (χ2v) is 13.2. The van der Waals surface area contributed by atoms with Crippen LogP contribution in [0.15, 0.2) is 170 Å². The van der Waals surface area contributed by atoms with Crippen molar-refractivity contribution < 1.29 is 4.74 Å². The third kappa shape index (κ3) is 4.33. The Bertz CT molecular complexity index is 2980. The molecule has 10 aromatic rings. The van der Waals surface area contributed by atoms with Crippen molar-refractivity contribution in [2.24, 2.45) is 0 Å². The molecule has 2 aromatic heterocycles. The predicted octanol–water partition coefficient (Wildman–Crippen LogP) is 12.0. The van der Waals surface area contributed by atoms with Gasteiger partial charge in [0, 0.05) is 38.2 Å². The number of para-hydroxylation sites is 2. The van der Waals surface area contributed by atoms with Crippen LogP contribution in [0.3, 0.4) is 0 Å². The Labute approximate surface area is 299 Å². The van der Waals surface area contributed by atoms with Crippen LogP contribution in [0.25, 0.3) is 94.3 Å². The summed E-state index contributed by atoms with van der Waals surface area (Å²) in [6.45, 7) is 0. The number of benzene rings is 8. The molecule has 0 fully saturated rings. The van der Waals surface area contributed by atoms with Gasteiger partial charge in [0.25, 0.3) is 0 Å². The maximum atomic E-state index is 6.92. The molecule has 0 amide bonds. The summed E-state index contributed by atoms with van der Waals surface area (Å²) >= 11 is 0. The molecule has 1 aliphatic rings. The highest BCUT2D eigenvalue weighted by Gasteiger charge is 2.27. The summed E-state index contributed by atoms with van der Waals surface area (Å²) in [4.78, 5) is 15.0. The highest BCUT2D eigenvalue weighted by Crippen LogP contribution is 2.51. The maximum absolute atomic E-state index is 6.92. The molecule has 11 rings (SSSR count). The topological polar surface area (TPSA) is 52.8 Å². The number of rotatable bonds is 4. The molecule has 0 saturated carbocycles. The van der Waals surface area contributed by atoms with Crippen molar-refractivity contribution in [1.29, 1.82) is 0 Å². The Morgan fingerprint density at radius 2 is 1.00 bits per heavy atom. The van der Waals surface area contributed by atoms with Crippen molar-refractivity contribution in [2.45, 2.75) is 0 Å². The van der Waals surface area contributed by atoms with E-state index in [4.69, 9.17) is 19.7 Å². The lowest BCUT2D eigenvalue weighted by Gasteiger charge is -2.24. The van der Waals surface area contributed by atoms with Gasteiger partial charge in [0.15, 0.2) is 17.5 Å². The Morgan fingerprint density at radius 3 is 1.77 bits per heavy atom. The summed E-state index contributed by atoms with van der Waals surface area (Å²) in [6.07, 6.45) is 0. The standard InChI is InChI=1S/C47H28N4O/c1-3-13-29(14-4-1)45-48-46(30-15-5-2-6-16-30)50-47(49-45)37-23-12-21-35-34-20-11-22-36-40(25-26-42(43(34)36)52-44(35)37)51-39-24-10-9-19-33(39)38-27-31-17-7-8-18-32(31)28-41(38)51/h1-28H. The van der Waals surface area contributed by atoms with Gasteiger partial charge >= 0.3 is 0 Å². The third-order valence-corrected chi connectivity index (χ3v) is 10.2. The molecule has 0 aliphatic carbocycles. The number of nitrogens with zero attached hydrogens (tertiary/aromatic N) is 4. The first-order chi connectivity index (χ1) is 25.8. The molecule has 3 heterocycles. The van der Waals surface area contributed by atoms with Gasteiger partial charge in [0.2, 0.25) is 0 Å². The molecule has 0 saturated heterocycles. The fourth-order valence-electron chi connectivity index (χ4n) is 7.85. The van der Waals surface area contributed by atoms with Gasteiger partial charge in [-0.3, -0.25) is 0 Å². The number of fused-ring (bicyclic) bond motifs is 6. The van der Waals surface area contributed by atoms with E-state index in [1.165, 1.54) is 32.6 Å². The molecule has 0 unspecified atom stereocenters. The second kappa shape index (κ2) is 11.2. The van der Waals surface area contributed by atoms with Crippen molar-refractivity contribution in [1.82, 2.24) is 19.5 Å². The Kier molecular flexibility index (Phi) is 6.18. The van der Waals surface area contributed by atoms with E-state index in [1.54, 1.807) is 0 Å². The Balaban J connectivity index is 1.13. The molecular weight excluding hydrogens is 637 g/mol. The summed E-state index contributed by atoms with van der Waals surface area (Å²) in [5.41, 5.74) is 8.25. The van der Waals surface area contributed by atoms with Crippen LogP contribution < -0.4 is 4.74 Å². The predicted molar refractivity (Wildman–Crippen MR) is 211 cm³/mol.